The first-order valence-electron chi connectivity index (χ1n) is 8.99. The molecule has 0 aliphatic carbocycles. The molecule has 2 aromatic rings. The van der Waals surface area contributed by atoms with Crippen LogP contribution < -0.4 is 5.32 Å². The fourth-order valence-corrected chi connectivity index (χ4v) is 3.41. The third-order valence-electron chi connectivity index (χ3n) is 4.78. The highest BCUT2D eigenvalue weighted by Crippen LogP contribution is 2.23. The molecule has 2 aromatic carbocycles. The minimum Gasteiger partial charge on any atom is -0.394 e. The number of carbonyl (C=O) groups is 1. The van der Waals surface area contributed by atoms with Gasteiger partial charge in [-0.15, -0.1) is 0 Å². The van der Waals surface area contributed by atoms with Crippen LogP contribution >= 0.6 is 0 Å². The topological polar surface area (TPSA) is 108 Å². The summed E-state index contributed by atoms with van der Waals surface area (Å²) in [6.07, 6.45) is -3.96. The summed E-state index contributed by atoms with van der Waals surface area (Å²) in [6.45, 7) is 1.13. The number of carbonyl (C=O) groups excluding carboxylic acids is 1. The quantitative estimate of drug-likeness (QED) is 0.580. The maximum Gasteiger partial charge on any atom is 0.217 e. The van der Waals surface area contributed by atoms with Crippen LogP contribution in [0.1, 0.15) is 12.5 Å². The van der Waals surface area contributed by atoms with Crippen LogP contribution in [-0.4, -0.2) is 65.1 Å². The van der Waals surface area contributed by atoms with Gasteiger partial charge < -0.3 is 30.1 Å². The lowest BCUT2D eigenvalue weighted by Gasteiger charge is -2.42. The number of rotatable bonds is 6. The van der Waals surface area contributed by atoms with Crippen LogP contribution in [0.3, 0.4) is 0 Å². The van der Waals surface area contributed by atoms with Gasteiger partial charge in [0.05, 0.1) is 13.2 Å². The molecule has 1 saturated heterocycles. The van der Waals surface area contributed by atoms with Crippen molar-refractivity contribution in [2.75, 3.05) is 13.2 Å². The van der Waals surface area contributed by atoms with Crippen molar-refractivity contribution in [3.8, 4) is 0 Å². The number of fused-ring (bicyclic) bond motifs is 1. The highest BCUT2D eigenvalue weighted by atomic mass is 16.7. The van der Waals surface area contributed by atoms with Gasteiger partial charge in [-0.2, -0.15) is 0 Å². The third-order valence-corrected chi connectivity index (χ3v) is 4.78. The van der Waals surface area contributed by atoms with Crippen LogP contribution in [0.5, 0.6) is 0 Å². The van der Waals surface area contributed by atoms with E-state index in [0.717, 1.165) is 16.3 Å². The summed E-state index contributed by atoms with van der Waals surface area (Å²) in [5.74, 6) is -0.375. The summed E-state index contributed by atoms with van der Waals surface area (Å²) < 4.78 is 11.3. The lowest BCUT2D eigenvalue weighted by molar-refractivity contribution is -0.269. The van der Waals surface area contributed by atoms with Crippen LogP contribution in [0, 0.1) is 0 Å². The van der Waals surface area contributed by atoms with Crippen LogP contribution in [0.4, 0.5) is 0 Å². The summed E-state index contributed by atoms with van der Waals surface area (Å²) in [5.41, 5.74) is 1.11. The van der Waals surface area contributed by atoms with Crippen molar-refractivity contribution in [3.05, 3.63) is 48.0 Å². The van der Waals surface area contributed by atoms with Gasteiger partial charge in [-0.3, -0.25) is 4.79 Å². The Labute approximate surface area is 157 Å². The van der Waals surface area contributed by atoms with E-state index in [0.29, 0.717) is 6.42 Å². The van der Waals surface area contributed by atoms with E-state index in [2.05, 4.69) is 5.32 Å². The SMILES string of the molecule is CC(=O)N[C@@H]1[C@@H](OCCc2cccc3ccccc23)O[C@@H](CO)[C@@H](O)[C@@H]1O. The van der Waals surface area contributed by atoms with Gasteiger partial charge in [0.25, 0.3) is 0 Å². The molecule has 7 nitrogen and oxygen atoms in total. The third kappa shape index (κ3) is 4.45. The van der Waals surface area contributed by atoms with Crippen LogP contribution in [0.25, 0.3) is 10.8 Å². The molecule has 0 saturated carbocycles. The summed E-state index contributed by atoms with van der Waals surface area (Å²) in [7, 11) is 0. The second-order valence-corrected chi connectivity index (χ2v) is 6.69. The molecule has 0 aromatic heterocycles. The zero-order valence-corrected chi connectivity index (χ0v) is 15.1. The molecule has 27 heavy (non-hydrogen) atoms. The Morgan fingerprint density at radius 3 is 2.63 bits per heavy atom. The van der Waals surface area contributed by atoms with Gasteiger partial charge in [-0.1, -0.05) is 42.5 Å². The van der Waals surface area contributed by atoms with Gasteiger partial charge >= 0.3 is 0 Å². The Kier molecular flexibility index (Phi) is 6.41. The number of aliphatic hydroxyl groups is 3. The highest BCUT2D eigenvalue weighted by molar-refractivity contribution is 5.85. The molecule has 4 N–H and O–H groups in total. The molecule has 1 fully saturated rings. The highest BCUT2D eigenvalue weighted by Gasteiger charge is 2.45. The maximum atomic E-state index is 11.4. The normalized spacial score (nSPS) is 28.2. The van der Waals surface area contributed by atoms with Gasteiger partial charge in [0, 0.05) is 6.92 Å². The first-order chi connectivity index (χ1) is 13.0. The summed E-state index contributed by atoms with van der Waals surface area (Å²) in [4.78, 5) is 11.4. The van der Waals surface area contributed by atoms with Crippen molar-refractivity contribution < 1.29 is 29.6 Å². The molecule has 1 aliphatic heterocycles. The van der Waals surface area contributed by atoms with Gasteiger partial charge in [0.15, 0.2) is 6.29 Å². The summed E-state index contributed by atoms with van der Waals surface area (Å²) in [5, 5.41) is 34.5. The average molecular weight is 375 g/mol. The predicted molar refractivity (Wildman–Crippen MR) is 99.0 cm³/mol. The Balaban J connectivity index is 1.69. The monoisotopic (exact) mass is 375 g/mol. The molecule has 1 aliphatic rings. The Bertz CT molecular complexity index is 777. The number of amides is 1. The molecular formula is C20H25NO6. The standard InChI is InChI=1S/C20H25NO6/c1-12(23)21-17-19(25)18(24)16(11-22)27-20(17)26-10-9-14-7-4-6-13-5-2-3-8-15(13)14/h2-8,16-20,22,24-25H,9-11H2,1H3,(H,21,23)/t16-,17-,18+,19+,20-/m0/s1. The maximum absolute atomic E-state index is 11.4. The van der Waals surface area contributed by atoms with Crippen molar-refractivity contribution >= 4 is 16.7 Å². The van der Waals surface area contributed by atoms with Crippen molar-refractivity contribution in [2.45, 2.75) is 44.0 Å². The van der Waals surface area contributed by atoms with Crippen LogP contribution in [0.15, 0.2) is 42.5 Å². The first-order valence-corrected chi connectivity index (χ1v) is 8.99. The fourth-order valence-electron chi connectivity index (χ4n) is 3.41. The number of hydrogen-bond acceptors (Lipinski definition) is 6. The van der Waals surface area contributed by atoms with E-state index in [9.17, 15) is 20.1 Å². The molecule has 1 heterocycles. The minimum absolute atomic E-state index is 0.287. The van der Waals surface area contributed by atoms with Crippen molar-refractivity contribution in [3.63, 3.8) is 0 Å². The van der Waals surface area contributed by atoms with E-state index < -0.39 is 37.3 Å². The van der Waals surface area contributed by atoms with Crippen molar-refractivity contribution in [1.82, 2.24) is 5.32 Å². The fraction of sp³-hybridized carbons (Fsp3) is 0.450. The molecule has 0 bridgehead atoms. The minimum atomic E-state index is -1.32. The number of ether oxygens (including phenoxy) is 2. The van der Waals surface area contributed by atoms with Crippen molar-refractivity contribution in [1.29, 1.82) is 0 Å². The number of benzene rings is 2. The molecule has 146 valence electrons. The molecule has 5 atom stereocenters. The van der Waals surface area contributed by atoms with Crippen LogP contribution in [0.2, 0.25) is 0 Å². The lowest BCUT2D eigenvalue weighted by Crippen LogP contribution is -2.64. The second kappa shape index (κ2) is 8.77. The first kappa shape index (κ1) is 19.7. The largest absolute Gasteiger partial charge is 0.394 e. The Hall–Kier alpha value is -2.03. The van der Waals surface area contributed by atoms with Crippen LogP contribution in [-0.2, 0) is 20.7 Å². The molecular weight excluding hydrogens is 350 g/mol. The molecule has 3 rings (SSSR count). The zero-order valence-electron chi connectivity index (χ0n) is 15.1. The molecule has 0 radical (unpaired) electrons. The Morgan fingerprint density at radius 2 is 1.89 bits per heavy atom. The smallest absolute Gasteiger partial charge is 0.217 e. The number of hydrogen-bond donors (Lipinski definition) is 4. The number of nitrogens with one attached hydrogen (secondary N) is 1. The zero-order chi connectivity index (χ0) is 19.4. The average Bonchev–Trinajstić information content (AvgIpc) is 2.67. The van der Waals surface area contributed by atoms with E-state index >= 15 is 0 Å². The van der Waals surface area contributed by atoms with E-state index in [-0.39, 0.29) is 12.5 Å². The van der Waals surface area contributed by atoms with Gasteiger partial charge in [-0.05, 0) is 22.8 Å². The molecule has 0 unspecified atom stereocenters. The van der Waals surface area contributed by atoms with E-state index in [4.69, 9.17) is 9.47 Å². The Morgan fingerprint density at radius 1 is 1.15 bits per heavy atom. The van der Waals surface area contributed by atoms with Gasteiger partial charge in [-0.25, -0.2) is 0 Å². The van der Waals surface area contributed by atoms with E-state index in [1.165, 1.54) is 6.92 Å². The van der Waals surface area contributed by atoms with Crippen molar-refractivity contribution in [2.24, 2.45) is 0 Å². The molecule has 1 amide bonds. The van der Waals surface area contributed by atoms with E-state index in [1.54, 1.807) is 0 Å². The second-order valence-electron chi connectivity index (χ2n) is 6.69. The summed E-state index contributed by atoms with van der Waals surface area (Å²) >= 11 is 0. The number of aliphatic hydroxyl groups excluding tert-OH is 3. The summed E-state index contributed by atoms with van der Waals surface area (Å²) in [6, 6.07) is 13.2. The molecule has 0 spiro atoms. The van der Waals surface area contributed by atoms with E-state index in [1.807, 2.05) is 42.5 Å². The lowest BCUT2D eigenvalue weighted by atomic mass is 9.97. The molecule has 7 heteroatoms. The predicted octanol–water partition coefficient (Wildman–Crippen LogP) is 0.343. The van der Waals surface area contributed by atoms with Gasteiger partial charge in [0.2, 0.25) is 5.91 Å². The van der Waals surface area contributed by atoms with Gasteiger partial charge in [0.1, 0.15) is 24.4 Å².